The average molecular weight is 250 g/mol. The Bertz CT molecular complexity index is 565. The SMILES string of the molecule is Cc1cc(F)ccc1C(=O)c1csc(CN)n1. The number of nitrogens with two attached hydrogens (primary N) is 1. The maximum absolute atomic E-state index is 12.9. The number of hydrogen-bond acceptors (Lipinski definition) is 4. The number of benzene rings is 1. The van der Waals surface area contributed by atoms with E-state index in [1.807, 2.05) is 0 Å². The van der Waals surface area contributed by atoms with Gasteiger partial charge in [0.2, 0.25) is 5.78 Å². The highest BCUT2D eigenvalue weighted by molar-refractivity contribution is 7.09. The van der Waals surface area contributed by atoms with Crippen molar-refractivity contribution in [2.45, 2.75) is 13.5 Å². The minimum Gasteiger partial charge on any atom is -0.325 e. The molecule has 2 N–H and O–H groups in total. The van der Waals surface area contributed by atoms with Crippen molar-refractivity contribution in [3.63, 3.8) is 0 Å². The second kappa shape index (κ2) is 4.73. The first-order chi connectivity index (χ1) is 8.11. The van der Waals surface area contributed by atoms with Gasteiger partial charge in [-0.05, 0) is 30.7 Å². The van der Waals surface area contributed by atoms with Gasteiger partial charge in [0.15, 0.2) is 0 Å². The van der Waals surface area contributed by atoms with Crippen LogP contribution in [-0.2, 0) is 6.54 Å². The number of hydrogen-bond donors (Lipinski definition) is 1. The lowest BCUT2D eigenvalue weighted by Gasteiger charge is -2.02. The molecule has 0 spiro atoms. The normalized spacial score (nSPS) is 10.5. The standard InChI is InChI=1S/C12H11FN2OS/c1-7-4-8(13)2-3-9(7)12(16)10-6-17-11(5-14)15-10/h2-4,6H,5,14H2,1H3. The van der Waals surface area contributed by atoms with Crippen molar-refractivity contribution in [1.82, 2.24) is 4.98 Å². The summed E-state index contributed by atoms with van der Waals surface area (Å²) in [4.78, 5) is 16.2. The number of halogens is 1. The maximum atomic E-state index is 12.9. The van der Waals surface area contributed by atoms with Crippen molar-refractivity contribution in [1.29, 1.82) is 0 Å². The van der Waals surface area contributed by atoms with Gasteiger partial charge < -0.3 is 5.73 Å². The van der Waals surface area contributed by atoms with Crippen LogP contribution in [0.3, 0.4) is 0 Å². The molecule has 0 saturated carbocycles. The Morgan fingerprint density at radius 3 is 2.88 bits per heavy atom. The molecule has 0 amide bonds. The minimum absolute atomic E-state index is 0.196. The molecule has 1 heterocycles. The molecule has 0 saturated heterocycles. The summed E-state index contributed by atoms with van der Waals surface area (Å²) in [5.74, 6) is -0.543. The van der Waals surface area contributed by atoms with Crippen LogP contribution in [0.25, 0.3) is 0 Å². The van der Waals surface area contributed by atoms with Crippen LogP contribution < -0.4 is 5.73 Å². The second-order valence-corrected chi connectivity index (χ2v) is 4.56. The summed E-state index contributed by atoms with van der Waals surface area (Å²) in [6.07, 6.45) is 0. The summed E-state index contributed by atoms with van der Waals surface area (Å²) in [5.41, 5.74) is 6.89. The summed E-state index contributed by atoms with van der Waals surface area (Å²) in [6.45, 7) is 2.02. The predicted molar refractivity (Wildman–Crippen MR) is 64.6 cm³/mol. The van der Waals surface area contributed by atoms with Gasteiger partial charge in [-0.25, -0.2) is 9.37 Å². The van der Waals surface area contributed by atoms with Gasteiger partial charge in [-0.2, -0.15) is 0 Å². The molecule has 0 radical (unpaired) electrons. The van der Waals surface area contributed by atoms with Crippen LogP contribution in [0.2, 0.25) is 0 Å². The van der Waals surface area contributed by atoms with Gasteiger partial charge in [0.1, 0.15) is 16.5 Å². The van der Waals surface area contributed by atoms with Gasteiger partial charge in [0.05, 0.1) is 0 Å². The van der Waals surface area contributed by atoms with Crippen LogP contribution in [0, 0.1) is 12.7 Å². The molecule has 0 bridgehead atoms. The number of carbonyl (C=O) groups is 1. The van der Waals surface area contributed by atoms with Gasteiger partial charge in [-0.3, -0.25) is 4.79 Å². The Labute approximate surface area is 102 Å². The molecule has 88 valence electrons. The molecule has 0 aliphatic heterocycles. The Morgan fingerprint density at radius 2 is 2.29 bits per heavy atom. The Kier molecular flexibility index (Phi) is 3.31. The van der Waals surface area contributed by atoms with Crippen LogP contribution in [0.1, 0.15) is 26.6 Å². The molecule has 2 aromatic rings. The molecule has 0 fully saturated rings. The molecule has 1 aromatic heterocycles. The third kappa shape index (κ3) is 2.40. The topological polar surface area (TPSA) is 56.0 Å². The fourth-order valence-electron chi connectivity index (χ4n) is 1.53. The largest absolute Gasteiger partial charge is 0.325 e. The molecule has 3 nitrogen and oxygen atoms in total. The van der Waals surface area contributed by atoms with Gasteiger partial charge >= 0.3 is 0 Å². The van der Waals surface area contributed by atoms with Gasteiger partial charge in [-0.1, -0.05) is 0 Å². The summed E-state index contributed by atoms with van der Waals surface area (Å²) in [6, 6.07) is 4.09. The quantitative estimate of drug-likeness (QED) is 0.850. The maximum Gasteiger partial charge on any atom is 0.212 e. The van der Waals surface area contributed by atoms with Crippen LogP contribution in [0.5, 0.6) is 0 Å². The molecule has 2 rings (SSSR count). The average Bonchev–Trinajstić information content (AvgIpc) is 2.76. The Hall–Kier alpha value is -1.59. The van der Waals surface area contributed by atoms with Crippen LogP contribution >= 0.6 is 11.3 Å². The molecule has 5 heteroatoms. The van der Waals surface area contributed by atoms with E-state index in [1.165, 1.54) is 29.5 Å². The van der Waals surface area contributed by atoms with Crippen molar-refractivity contribution in [3.05, 3.63) is 51.2 Å². The molecular weight excluding hydrogens is 239 g/mol. The van der Waals surface area contributed by atoms with Crippen LogP contribution in [0.15, 0.2) is 23.6 Å². The van der Waals surface area contributed by atoms with E-state index in [-0.39, 0.29) is 11.6 Å². The van der Waals surface area contributed by atoms with E-state index in [1.54, 1.807) is 12.3 Å². The highest BCUT2D eigenvalue weighted by atomic mass is 32.1. The lowest BCUT2D eigenvalue weighted by Crippen LogP contribution is -2.05. The molecule has 17 heavy (non-hydrogen) atoms. The highest BCUT2D eigenvalue weighted by Gasteiger charge is 2.15. The van der Waals surface area contributed by atoms with Crippen LogP contribution in [-0.4, -0.2) is 10.8 Å². The van der Waals surface area contributed by atoms with E-state index in [0.717, 1.165) is 0 Å². The number of carbonyl (C=O) groups excluding carboxylic acids is 1. The fraction of sp³-hybridized carbons (Fsp3) is 0.167. The van der Waals surface area contributed by atoms with E-state index in [4.69, 9.17) is 5.73 Å². The molecule has 0 aliphatic rings. The fourth-order valence-corrected chi connectivity index (χ4v) is 2.18. The molecular formula is C12H11FN2OS. The number of rotatable bonds is 3. The van der Waals surface area contributed by atoms with Crippen molar-refractivity contribution < 1.29 is 9.18 Å². The van der Waals surface area contributed by atoms with Gasteiger partial charge in [-0.15, -0.1) is 11.3 Å². The first-order valence-corrected chi connectivity index (χ1v) is 5.95. The number of aromatic nitrogens is 1. The van der Waals surface area contributed by atoms with E-state index in [9.17, 15) is 9.18 Å². The molecule has 0 unspecified atom stereocenters. The summed E-state index contributed by atoms with van der Waals surface area (Å²) >= 11 is 1.35. The van der Waals surface area contributed by atoms with Crippen molar-refractivity contribution in [2.75, 3.05) is 0 Å². The van der Waals surface area contributed by atoms with Crippen molar-refractivity contribution >= 4 is 17.1 Å². The molecule has 0 aliphatic carbocycles. The van der Waals surface area contributed by atoms with Gasteiger partial charge in [0, 0.05) is 17.5 Å². The second-order valence-electron chi connectivity index (χ2n) is 3.62. The van der Waals surface area contributed by atoms with Gasteiger partial charge in [0.25, 0.3) is 0 Å². The van der Waals surface area contributed by atoms with E-state index < -0.39 is 0 Å². The zero-order valence-corrected chi connectivity index (χ0v) is 10.1. The number of thiazole rings is 1. The number of aryl methyl sites for hydroxylation is 1. The van der Waals surface area contributed by atoms with E-state index in [0.29, 0.717) is 28.4 Å². The van der Waals surface area contributed by atoms with E-state index >= 15 is 0 Å². The lowest BCUT2D eigenvalue weighted by atomic mass is 10.0. The minimum atomic E-state index is -0.347. The van der Waals surface area contributed by atoms with E-state index in [2.05, 4.69) is 4.98 Å². The highest BCUT2D eigenvalue weighted by Crippen LogP contribution is 2.17. The Morgan fingerprint density at radius 1 is 1.53 bits per heavy atom. The number of ketones is 1. The van der Waals surface area contributed by atoms with Crippen LogP contribution in [0.4, 0.5) is 4.39 Å². The third-order valence-corrected chi connectivity index (χ3v) is 3.26. The monoisotopic (exact) mass is 250 g/mol. The van der Waals surface area contributed by atoms with Crippen molar-refractivity contribution in [2.24, 2.45) is 5.73 Å². The number of nitrogens with zero attached hydrogens (tertiary/aromatic N) is 1. The lowest BCUT2D eigenvalue weighted by molar-refractivity contribution is 0.103. The third-order valence-electron chi connectivity index (χ3n) is 2.39. The smallest absolute Gasteiger partial charge is 0.212 e. The summed E-state index contributed by atoms with van der Waals surface area (Å²) in [5, 5.41) is 2.39. The molecule has 0 atom stereocenters. The Balaban J connectivity index is 2.36. The first-order valence-electron chi connectivity index (χ1n) is 5.07. The first kappa shape index (κ1) is 11.9. The summed E-state index contributed by atoms with van der Waals surface area (Å²) in [7, 11) is 0. The van der Waals surface area contributed by atoms with Crippen molar-refractivity contribution in [3.8, 4) is 0 Å². The zero-order chi connectivity index (χ0) is 12.4. The zero-order valence-electron chi connectivity index (χ0n) is 9.24. The predicted octanol–water partition coefficient (Wildman–Crippen LogP) is 2.28. The summed E-state index contributed by atoms with van der Waals surface area (Å²) < 4.78 is 12.9. The molecule has 1 aromatic carbocycles.